The van der Waals surface area contributed by atoms with Crippen LogP contribution >= 0.6 is 0 Å². The van der Waals surface area contributed by atoms with Crippen molar-refractivity contribution in [2.75, 3.05) is 17.6 Å². The molecule has 4 heteroatoms. The zero-order valence-electron chi connectivity index (χ0n) is 10.7. The summed E-state index contributed by atoms with van der Waals surface area (Å²) in [4.78, 5) is 0. The Bertz CT molecular complexity index is 373. The maximum Gasteiger partial charge on any atom is 0.148 e. The third-order valence-electron chi connectivity index (χ3n) is 2.39. The van der Waals surface area contributed by atoms with Crippen LogP contribution in [0.4, 0.5) is 11.5 Å². The van der Waals surface area contributed by atoms with Crippen LogP contribution in [0.25, 0.3) is 0 Å². The Kier molecular flexibility index (Phi) is 4.40. The minimum atomic E-state index is 0.760. The van der Waals surface area contributed by atoms with Crippen LogP contribution < -0.4 is 11.1 Å². The number of hydrogen-bond donors (Lipinski definition) is 2. The third-order valence-corrected chi connectivity index (χ3v) is 2.39. The Balaban J connectivity index is 2.80. The quantitative estimate of drug-likeness (QED) is 0.753. The van der Waals surface area contributed by atoms with Crippen LogP contribution in [-0.2, 0) is 6.54 Å². The van der Waals surface area contributed by atoms with Crippen LogP contribution in [0.1, 0.15) is 32.9 Å². The van der Waals surface area contributed by atoms with Gasteiger partial charge in [0.2, 0.25) is 0 Å². The van der Waals surface area contributed by atoms with Gasteiger partial charge in [-0.3, -0.25) is 0 Å². The first kappa shape index (κ1) is 12.6. The van der Waals surface area contributed by atoms with Gasteiger partial charge in [-0.25, -0.2) is 4.68 Å². The molecule has 0 radical (unpaired) electrons. The van der Waals surface area contributed by atoms with Crippen molar-refractivity contribution in [2.45, 2.75) is 40.7 Å². The number of nitrogens with one attached hydrogen (secondary N) is 1. The minimum absolute atomic E-state index is 0.760. The van der Waals surface area contributed by atoms with E-state index in [4.69, 9.17) is 5.73 Å². The Morgan fingerprint density at radius 2 is 2.19 bits per heavy atom. The summed E-state index contributed by atoms with van der Waals surface area (Å²) >= 11 is 0. The van der Waals surface area contributed by atoms with E-state index >= 15 is 0 Å². The van der Waals surface area contributed by atoms with Crippen molar-refractivity contribution in [3.63, 3.8) is 0 Å². The molecule has 0 aromatic carbocycles. The fourth-order valence-corrected chi connectivity index (χ4v) is 1.51. The molecule has 3 N–H and O–H groups in total. The van der Waals surface area contributed by atoms with Gasteiger partial charge in [-0.2, -0.15) is 5.10 Å². The van der Waals surface area contributed by atoms with Crippen LogP contribution in [-0.4, -0.2) is 16.3 Å². The lowest BCUT2D eigenvalue weighted by molar-refractivity contribution is 0.604. The summed E-state index contributed by atoms with van der Waals surface area (Å²) in [6, 6.07) is 0. The second-order valence-corrected chi connectivity index (χ2v) is 4.23. The summed E-state index contributed by atoms with van der Waals surface area (Å²) in [5, 5.41) is 7.72. The Morgan fingerprint density at radius 3 is 2.75 bits per heavy atom. The molecule has 1 heterocycles. The van der Waals surface area contributed by atoms with E-state index in [1.165, 1.54) is 5.57 Å². The molecule has 1 aromatic heterocycles. The van der Waals surface area contributed by atoms with Gasteiger partial charge in [-0.15, -0.1) is 0 Å². The molecular formula is C12H22N4. The molecule has 0 fully saturated rings. The SMILES string of the molecule is CCCn1nc(C)c(N)c1NCC=C(C)C. The molecule has 0 atom stereocenters. The van der Waals surface area contributed by atoms with E-state index in [0.717, 1.165) is 36.7 Å². The molecule has 0 saturated heterocycles. The van der Waals surface area contributed by atoms with Crippen LogP contribution in [0, 0.1) is 6.92 Å². The third kappa shape index (κ3) is 3.02. The minimum Gasteiger partial charge on any atom is -0.394 e. The van der Waals surface area contributed by atoms with E-state index in [1.807, 2.05) is 11.6 Å². The number of nitrogens with zero attached hydrogens (tertiary/aromatic N) is 2. The lowest BCUT2D eigenvalue weighted by Crippen LogP contribution is -2.09. The van der Waals surface area contributed by atoms with Gasteiger partial charge in [0.25, 0.3) is 0 Å². The summed E-state index contributed by atoms with van der Waals surface area (Å²) < 4.78 is 1.95. The Hall–Kier alpha value is -1.45. The monoisotopic (exact) mass is 222 g/mol. The highest BCUT2D eigenvalue weighted by Crippen LogP contribution is 2.22. The Labute approximate surface area is 97.5 Å². The van der Waals surface area contributed by atoms with Crippen molar-refractivity contribution in [3.05, 3.63) is 17.3 Å². The van der Waals surface area contributed by atoms with Gasteiger partial charge in [-0.05, 0) is 27.2 Å². The summed E-state index contributed by atoms with van der Waals surface area (Å²) in [5.41, 5.74) is 8.94. The van der Waals surface area contributed by atoms with Gasteiger partial charge < -0.3 is 11.1 Å². The molecule has 0 spiro atoms. The fourth-order valence-electron chi connectivity index (χ4n) is 1.51. The Morgan fingerprint density at radius 1 is 1.50 bits per heavy atom. The smallest absolute Gasteiger partial charge is 0.148 e. The molecule has 90 valence electrons. The molecule has 16 heavy (non-hydrogen) atoms. The summed E-state index contributed by atoms with van der Waals surface area (Å²) in [7, 11) is 0. The first-order valence-electron chi connectivity index (χ1n) is 5.76. The topological polar surface area (TPSA) is 55.9 Å². The van der Waals surface area contributed by atoms with Gasteiger partial charge in [-0.1, -0.05) is 18.6 Å². The molecule has 0 unspecified atom stereocenters. The van der Waals surface area contributed by atoms with E-state index in [0.29, 0.717) is 0 Å². The zero-order chi connectivity index (χ0) is 12.1. The average molecular weight is 222 g/mol. The summed E-state index contributed by atoms with van der Waals surface area (Å²) in [6.07, 6.45) is 3.19. The number of nitrogens with two attached hydrogens (primary N) is 1. The largest absolute Gasteiger partial charge is 0.394 e. The van der Waals surface area contributed by atoms with E-state index in [9.17, 15) is 0 Å². The highest BCUT2D eigenvalue weighted by molar-refractivity contribution is 5.64. The molecule has 1 rings (SSSR count). The molecule has 0 aliphatic rings. The molecule has 0 amide bonds. The molecular weight excluding hydrogens is 200 g/mol. The van der Waals surface area contributed by atoms with Gasteiger partial charge in [0, 0.05) is 13.1 Å². The maximum atomic E-state index is 5.98. The number of rotatable bonds is 5. The second kappa shape index (κ2) is 5.58. The second-order valence-electron chi connectivity index (χ2n) is 4.23. The number of aryl methyl sites for hydroxylation is 2. The first-order chi connectivity index (χ1) is 7.56. The molecule has 0 aliphatic carbocycles. The van der Waals surface area contributed by atoms with E-state index < -0.39 is 0 Å². The van der Waals surface area contributed by atoms with Crippen molar-refractivity contribution in [1.29, 1.82) is 0 Å². The molecule has 0 aliphatic heterocycles. The van der Waals surface area contributed by atoms with Crippen molar-refractivity contribution in [2.24, 2.45) is 0 Å². The van der Waals surface area contributed by atoms with Crippen molar-refractivity contribution in [3.8, 4) is 0 Å². The highest BCUT2D eigenvalue weighted by atomic mass is 15.3. The molecule has 4 nitrogen and oxygen atoms in total. The van der Waals surface area contributed by atoms with Crippen LogP contribution in [0.2, 0.25) is 0 Å². The average Bonchev–Trinajstić information content (AvgIpc) is 2.46. The number of aromatic nitrogens is 2. The lowest BCUT2D eigenvalue weighted by atomic mass is 10.3. The van der Waals surface area contributed by atoms with Gasteiger partial charge in [0.1, 0.15) is 5.82 Å². The van der Waals surface area contributed by atoms with E-state index in [2.05, 4.69) is 37.3 Å². The fraction of sp³-hybridized carbons (Fsp3) is 0.583. The van der Waals surface area contributed by atoms with Crippen LogP contribution in [0.15, 0.2) is 11.6 Å². The van der Waals surface area contributed by atoms with E-state index in [-0.39, 0.29) is 0 Å². The zero-order valence-corrected chi connectivity index (χ0v) is 10.7. The van der Waals surface area contributed by atoms with Crippen molar-refractivity contribution < 1.29 is 0 Å². The number of allylic oxidation sites excluding steroid dienone is 1. The molecule has 0 saturated carbocycles. The maximum absolute atomic E-state index is 5.98. The van der Waals surface area contributed by atoms with Crippen LogP contribution in [0.3, 0.4) is 0 Å². The van der Waals surface area contributed by atoms with Gasteiger partial charge in [0.15, 0.2) is 0 Å². The van der Waals surface area contributed by atoms with Crippen LogP contribution in [0.5, 0.6) is 0 Å². The van der Waals surface area contributed by atoms with Crippen molar-refractivity contribution >= 4 is 11.5 Å². The van der Waals surface area contributed by atoms with Gasteiger partial charge >= 0.3 is 0 Å². The summed E-state index contributed by atoms with van der Waals surface area (Å²) in [5.74, 6) is 0.942. The lowest BCUT2D eigenvalue weighted by Gasteiger charge is -2.08. The molecule has 0 bridgehead atoms. The highest BCUT2D eigenvalue weighted by Gasteiger charge is 2.10. The molecule has 1 aromatic rings. The predicted molar refractivity (Wildman–Crippen MR) is 69.6 cm³/mol. The number of nitrogen functional groups attached to an aromatic ring is 1. The number of hydrogen-bond acceptors (Lipinski definition) is 3. The predicted octanol–water partition coefficient (Wildman–Crippen LogP) is 2.56. The standard InChI is InChI=1S/C12H22N4/c1-5-8-16-12(11(13)10(4)15-16)14-7-6-9(2)3/h6,14H,5,7-8,13H2,1-4H3. The number of anilines is 2. The normalized spacial score (nSPS) is 10.2. The van der Waals surface area contributed by atoms with Gasteiger partial charge in [0.05, 0.1) is 11.4 Å². The summed E-state index contributed by atoms with van der Waals surface area (Å²) in [6.45, 7) is 9.93. The first-order valence-corrected chi connectivity index (χ1v) is 5.76. The van der Waals surface area contributed by atoms with Crippen molar-refractivity contribution in [1.82, 2.24) is 9.78 Å². The van der Waals surface area contributed by atoms with E-state index in [1.54, 1.807) is 0 Å².